The van der Waals surface area contributed by atoms with Gasteiger partial charge < -0.3 is 5.11 Å². The van der Waals surface area contributed by atoms with Gasteiger partial charge in [-0.15, -0.1) is 11.6 Å². The minimum absolute atomic E-state index is 0.175. The lowest BCUT2D eigenvalue weighted by molar-refractivity contribution is -0.137. The van der Waals surface area contributed by atoms with Crippen molar-refractivity contribution < 1.29 is 23.1 Å². The molecule has 0 bridgehead atoms. The van der Waals surface area contributed by atoms with Crippen molar-refractivity contribution in [1.82, 2.24) is 0 Å². The Kier molecular flexibility index (Phi) is 3.63. The molecule has 0 heterocycles. The van der Waals surface area contributed by atoms with Crippen molar-refractivity contribution in [2.75, 3.05) is 0 Å². The Morgan fingerprint density at radius 1 is 1.47 bits per heavy atom. The zero-order valence-electron chi connectivity index (χ0n) is 8.18. The molecule has 0 aliphatic rings. The summed E-state index contributed by atoms with van der Waals surface area (Å²) in [6.07, 6.45) is -4.72. The molecule has 0 aliphatic heterocycles. The van der Waals surface area contributed by atoms with E-state index in [0.717, 1.165) is 0 Å². The molecule has 0 unspecified atom stereocenters. The summed E-state index contributed by atoms with van der Waals surface area (Å²) < 4.78 is 37.6. The van der Waals surface area contributed by atoms with E-state index >= 15 is 0 Å². The van der Waals surface area contributed by atoms with E-state index in [1.54, 1.807) is 0 Å². The van der Waals surface area contributed by atoms with E-state index in [2.05, 4.69) is 0 Å². The van der Waals surface area contributed by atoms with E-state index in [-0.39, 0.29) is 11.4 Å². The van der Waals surface area contributed by atoms with Gasteiger partial charge in [-0.2, -0.15) is 18.4 Å². The Bertz CT molecular complexity index is 505. The highest BCUT2D eigenvalue weighted by atomic mass is 35.5. The summed E-state index contributed by atoms with van der Waals surface area (Å²) in [5, 5.41) is 17.3. The third kappa shape index (κ3) is 2.68. The summed E-state index contributed by atoms with van der Waals surface area (Å²) >= 11 is 5.38. The van der Waals surface area contributed by atoms with Gasteiger partial charge in [0.25, 0.3) is 0 Å². The van der Waals surface area contributed by atoms with Crippen LogP contribution in [0, 0.1) is 11.3 Å². The predicted molar refractivity (Wildman–Crippen MR) is 52.7 cm³/mol. The Labute approximate surface area is 99.0 Å². The minimum Gasteiger partial charge on any atom is -0.478 e. The molecule has 0 saturated heterocycles. The van der Waals surface area contributed by atoms with Crippen molar-refractivity contribution in [1.29, 1.82) is 5.26 Å². The molecule has 1 aromatic carbocycles. The topological polar surface area (TPSA) is 61.1 Å². The SMILES string of the molecule is N#Cc1cc(C(=O)O)c(CCl)cc1C(F)(F)F. The quantitative estimate of drug-likeness (QED) is 0.834. The maximum absolute atomic E-state index is 12.5. The fraction of sp³-hybridized carbons (Fsp3) is 0.200. The average Bonchev–Trinajstić information content (AvgIpc) is 2.25. The first-order valence-corrected chi connectivity index (χ1v) is 4.78. The fourth-order valence-electron chi connectivity index (χ4n) is 1.28. The Balaban J connectivity index is 3.56. The van der Waals surface area contributed by atoms with Gasteiger partial charge in [0.1, 0.15) is 0 Å². The lowest BCUT2D eigenvalue weighted by Crippen LogP contribution is -2.11. The molecule has 0 amide bonds. The van der Waals surface area contributed by atoms with Crippen LogP contribution in [0.3, 0.4) is 0 Å². The maximum atomic E-state index is 12.5. The Morgan fingerprint density at radius 2 is 2.06 bits per heavy atom. The van der Waals surface area contributed by atoms with Crippen molar-refractivity contribution in [3.8, 4) is 6.07 Å². The average molecular weight is 264 g/mol. The van der Waals surface area contributed by atoms with Gasteiger partial charge in [0.15, 0.2) is 0 Å². The Hall–Kier alpha value is -1.74. The molecule has 1 aromatic rings. The molecule has 0 saturated carbocycles. The molecule has 17 heavy (non-hydrogen) atoms. The number of nitriles is 1. The van der Waals surface area contributed by atoms with E-state index < -0.39 is 28.8 Å². The molecule has 3 nitrogen and oxygen atoms in total. The number of carboxylic acids is 1. The third-order valence-corrected chi connectivity index (χ3v) is 2.33. The molecular formula is C10H5ClF3NO2. The van der Waals surface area contributed by atoms with E-state index in [4.69, 9.17) is 22.0 Å². The van der Waals surface area contributed by atoms with E-state index in [1.807, 2.05) is 0 Å². The van der Waals surface area contributed by atoms with Crippen LogP contribution in [0.25, 0.3) is 0 Å². The van der Waals surface area contributed by atoms with Crippen molar-refractivity contribution in [2.45, 2.75) is 12.1 Å². The molecule has 0 aliphatic carbocycles. The van der Waals surface area contributed by atoms with Gasteiger partial charge in [0.2, 0.25) is 0 Å². The lowest BCUT2D eigenvalue weighted by Gasteiger charge is -2.12. The number of carbonyl (C=O) groups is 1. The molecule has 7 heteroatoms. The van der Waals surface area contributed by atoms with Crippen LogP contribution >= 0.6 is 11.6 Å². The monoisotopic (exact) mass is 263 g/mol. The summed E-state index contributed by atoms with van der Waals surface area (Å²) in [5.74, 6) is -1.80. The van der Waals surface area contributed by atoms with Gasteiger partial charge in [-0.3, -0.25) is 0 Å². The first-order chi connectivity index (χ1) is 7.81. The minimum atomic E-state index is -4.72. The van der Waals surface area contributed by atoms with E-state index in [0.29, 0.717) is 12.1 Å². The van der Waals surface area contributed by atoms with Gasteiger partial charge in [0, 0.05) is 5.88 Å². The highest BCUT2D eigenvalue weighted by molar-refractivity contribution is 6.17. The Morgan fingerprint density at radius 3 is 2.41 bits per heavy atom. The molecule has 1 rings (SSSR count). The highest BCUT2D eigenvalue weighted by Crippen LogP contribution is 2.34. The van der Waals surface area contributed by atoms with Crippen LogP contribution in [0.4, 0.5) is 13.2 Å². The van der Waals surface area contributed by atoms with Crippen LogP contribution in [0.5, 0.6) is 0 Å². The van der Waals surface area contributed by atoms with Gasteiger partial charge in [-0.1, -0.05) is 0 Å². The predicted octanol–water partition coefficient (Wildman–Crippen LogP) is 3.01. The summed E-state index contributed by atoms with van der Waals surface area (Å²) in [4.78, 5) is 10.8. The fourth-order valence-corrected chi connectivity index (χ4v) is 1.50. The molecule has 0 atom stereocenters. The summed E-state index contributed by atoms with van der Waals surface area (Å²) in [5.41, 5.74) is -2.49. The van der Waals surface area contributed by atoms with Crippen molar-refractivity contribution >= 4 is 17.6 Å². The normalized spacial score (nSPS) is 11.0. The van der Waals surface area contributed by atoms with Gasteiger partial charge in [-0.25, -0.2) is 4.79 Å². The highest BCUT2D eigenvalue weighted by Gasteiger charge is 2.35. The second-order valence-corrected chi connectivity index (χ2v) is 3.37. The van der Waals surface area contributed by atoms with Crippen molar-refractivity contribution in [3.63, 3.8) is 0 Å². The maximum Gasteiger partial charge on any atom is 0.417 e. The number of rotatable bonds is 2. The van der Waals surface area contributed by atoms with Crippen LogP contribution in [-0.2, 0) is 12.1 Å². The van der Waals surface area contributed by atoms with Gasteiger partial charge >= 0.3 is 12.1 Å². The van der Waals surface area contributed by atoms with E-state index in [9.17, 15) is 18.0 Å². The number of hydrogen-bond acceptors (Lipinski definition) is 2. The smallest absolute Gasteiger partial charge is 0.417 e. The molecular weight excluding hydrogens is 259 g/mol. The number of hydrogen-bond donors (Lipinski definition) is 1. The van der Waals surface area contributed by atoms with Crippen LogP contribution in [0.2, 0.25) is 0 Å². The van der Waals surface area contributed by atoms with Crippen molar-refractivity contribution in [2.24, 2.45) is 0 Å². The van der Waals surface area contributed by atoms with Gasteiger partial charge in [-0.05, 0) is 17.7 Å². The zero-order valence-corrected chi connectivity index (χ0v) is 8.93. The second kappa shape index (κ2) is 4.63. The summed E-state index contributed by atoms with van der Waals surface area (Å²) in [6.45, 7) is 0. The number of aromatic carboxylic acids is 1. The number of carboxylic acid groups (broad SMARTS) is 1. The molecule has 1 N–H and O–H groups in total. The van der Waals surface area contributed by atoms with Crippen molar-refractivity contribution in [3.05, 3.63) is 34.4 Å². The second-order valence-electron chi connectivity index (χ2n) is 3.10. The standard InChI is InChI=1S/C10H5ClF3NO2/c11-3-5-2-8(10(12,13)14)6(4-15)1-7(5)9(16)17/h1-2H,3H2,(H,16,17). The number of nitrogens with zero attached hydrogens (tertiary/aromatic N) is 1. The molecule has 0 aromatic heterocycles. The largest absolute Gasteiger partial charge is 0.478 e. The first kappa shape index (κ1) is 13.3. The van der Waals surface area contributed by atoms with Crippen LogP contribution in [-0.4, -0.2) is 11.1 Å². The van der Waals surface area contributed by atoms with Crippen LogP contribution in [0.15, 0.2) is 12.1 Å². The third-order valence-electron chi connectivity index (χ3n) is 2.04. The summed E-state index contributed by atoms with van der Waals surface area (Å²) in [7, 11) is 0. The zero-order chi connectivity index (χ0) is 13.2. The lowest BCUT2D eigenvalue weighted by atomic mass is 9.99. The molecule has 90 valence electrons. The molecule has 0 radical (unpaired) electrons. The van der Waals surface area contributed by atoms with E-state index in [1.165, 1.54) is 6.07 Å². The number of halogens is 4. The molecule has 0 spiro atoms. The van der Waals surface area contributed by atoms with Gasteiger partial charge in [0.05, 0.1) is 22.8 Å². The first-order valence-electron chi connectivity index (χ1n) is 4.24. The number of benzene rings is 1. The van der Waals surface area contributed by atoms with Crippen LogP contribution < -0.4 is 0 Å². The summed E-state index contributed by atoms with van der Waals surface area (Å²) in [6, 6.07) is 2.60. The van der Waals surface area contributed by atoms with Crippen LogP contribution in [0.1, 0.15) is 27.0 Å². The molecule has 0 fully saturated rings. The number of alkyl halides is 4.